The number of benzene rings is 2. The lowest BCUT2D eigenvalue weighted by molar-refractivity contribution is -0.117. The molecule has 0 spiro atoms. The molecule has 1 amide bonds. The Bertz CT molecular complexity index is 1270. The standard InChI is InChI=1S/C27H28N2O4S/c1-6-33-21-9-7-8-20(14-21)29-23(19-12-10-18(11-13-19)15(2)3)22(25(31)27(29)32)24(30)26-16(4)28-17(5)34-26/h7-15,23,31H,6H2,1-5H3. The van der Waals surface area contributed by atoms with Crippen molar-refractivity contribution in [3.63, 3.8) is 0 Å². The molecule has 176 valence electrons. The third-order valence-electron chi connectivity index (χ3n) is 5.89. The Hall–Kier alpha value is -3.45. The van der Waals surface area contributed by atoms with E-state index >= 15 is 0 Å². The van der Waals surface area contributed by atoms with Gasteiger partial charge < -0.3 is 9.84 Å². The first-order valence-corrected chi connectivity index (χ1v) is 12.1. The molecule has 1 aliphatic heterocycles. The number of aryl methyl sites for hydroxylation is 2. The van der Waals surface area contributed by atoms with E-state index < -0.39 is 17.7 Å². The van der Waals surface area contributed by atoms with Crippen LogP contribution in [-0.2, 0) is 4.79 Å². The van der Waals surface area contributed by atoms with Crippen molar-refractivity contribution >= 4 is 28.7 Å². The fourth-order valence-electron chi connectivity index (χ4n) is 4.24. The van der Waals surface area contributed by atoms with Crippen LogP contribution in [0.3, 0.4) is 0 Å². The van der Waals surface area contributed by atoms with Crippen molar-refractivity contribution in [2.24, 2.45) is 0 Å². The number of carbonyl (C=O) groups excluding carboxylic acids is 2. The van der Waals surface area contributed by atoms with Crippen molar-refractivity contribution in [2.45, 2.75) is 46.6 Å². The highest BCUT2D eigenvalue weighted by Gasteiger charge is 2.45. The second-order valence-electron chi connectivity index (χ2n) is 8.57. The second-order valence-corrected chi connectivity index (χ2v) is 9.77. The molecule has 7 heteroatoms. The van der Waals surface area contributed by atoms with Gasteiger partial charge in [0.25, 0.3) is 5.91 Å². The zero-order valence-corrected chi connectivity index (χ0v) is 20.8. The third kappa shape index (κ3) is 4.23. The highest BCUT2D eigenvalue weighted by atomic mass is 32.1. The Balaban J connectivity index is 1.87. The number of carbonyl (C=O) groups is 2. The van der Waals surface area contributed by atoms with Gasteiger partial charge in [0.2, 0.25) is 5.78 Å². The van der Waals surface area contributed by atoms with Gasteiger partial charge in [-0.25, -0.2) is 4.98 Å². The first kappa shape index (κ1) is 23.7. The van der Waals surface area contributed by atoms with Crippen LogP contribution in [0, 0.1) is 13.8 Å². The van der Waals surface area contributed by atoms with E-state index in [1.165, 1.54) is 16.2 Å². The van der Waals surface area contributed by atoms with Crippen LogP contribution < -0.4 is 9.64 Å². The molecule has 0 fully saturated rings. The van der Waals surface area contributed by atoms with E-state index in [4.69, 9.17) is 4.74 Å². The lowest BCUT2D eigenvalue weighted by atomic mass is 9.92. The number of ether oxygens (including phenoxy) is 1. The maximum absolute atomic E-state index is 13.7. The summed E-state index contributed by atoms with van der Waals surface area (Å²) in [5, 5.41) is 11.7. The molecule has 1 N–H and O–H groups in total. The first-order valence-electron chi connectivity index (χ1n) is 11.3. The number of anilines is 1. The maximum Gasteiger partial charge on any atom is 0.294 e. The molecule has 1 unspecified atom stereocenters. The molecule has 0 radical (unpaired) electrons. The molecular formula is C27H28N2O4S. The Morgan fingerprint density at radius 3 is 2.47 bits per heavy atom. The van der Waals surface area contributed by atoms with Crippen molar-refractivity contribution in [2.75, 3.05) is 11.5 Å². The van der Waals surface area contributed by atoms with Crippen molar-refractivity contribution in [3.05, 3.63) is 86.6 Å². The normalized spacial score (nSPS) is 16.0. The van der Waals surface area contributed by atoms with E-state index in [1.807, 2.05) is 44.2 Å². The number of nitrogens with zero attached hydrogens (tertiary/aromatic N) is 2. The topological polar surface area (TPSA) is 79.7 Å². The molecular weight excluding hydrogens is 448 g/mol. The molecule has 1 atom stereocenters. The van der Waals surface area contributed by atoms with Crippen LogP contribution >= 0.6 is 11.3 Å². The number of aliphatic hydroxyl groups is 1. The summed E-state index contributed by atoms with van der Waals surface area (Å²) in [7, 11) is 0. The highest BCUT2D eigenvalue weighted by molar-refractivity contribution is 7.14. The Morgan fingerprint density at radius 1 is 1.18 bits per heavy atom. The number of thiazole rings is 1. The van der Waals surface area contributed by atoms with Crippen molar-refractivity contribution in [1.29, 1.82) is 0 Å². The smallest absolute Gasteiger partial charge is 0.294 e. The molecule has 1 aromatic heterocycles. The van der Waals surface area contributed by atoms with Gasteiger partial charge in [0.15, 0.2) is 5.76 Å². The van der Waals surface area contributed by atoms with E-state index in [2.05, 4.69) is 18.8 Å². The summed E-state index contributed by atoms with van der Waals surface area (Å²) < 4.78 is 5.63. The van der Waals surface area contributed by atoms with Gasteiger partial charge in [0, 0.05) is 11.8 Å². The largest absolute Gasteiger partial charge is 0.503 e. The van der Waals surface area contributed by atoms with Gasteiger partial charge in [0.1, 0.15) is 5.75 Å². The number of Topliss-reactive ketones (excluding diaryl/α,β-unsaturated/α-hetero) is 1. The molecule has 2 aromatic carbocycles. The molecule has 0 saturated heterocycles. The molecule has 0 saturated carbocycles. The summed E-state index contributed by atoms with van der Waals surface area (Å²) >= 11 is 1.27. The summed E-state index contributed by atoms with van der Waals surface area (Å²) in [5.74, 6) is -0.583. The maximum atomic E-state index is 13.7. The quantitative estimate of drug-likeness (QED) is 0.419. The lowest BCUT2D eigenvalue weighted by Gasteiger charge is -2.27. The van der Waals surface area contributed by atoms with E-state index in [-0.39, 0.29) is 11.4 Å². The van der Waals surface area contributed by atoms with Crippen LogP contribution in [-0.4, -0.2) is 28.4 Å². The van der Waals surface area contributed by atoms with Gasteiger partial charge in [-0.15, -0.1) is 11.3 Å². The van der Waals surface area contributed by atoms with E-state index in [1.54, 1.807) is 25.1 Å². The zero-order chi connectivity index (χ0) is 24.6. The Morgan fingerprint density at radius 2 is 1.88 bits per heavy atom. The minimum absolute atomic E-state index is 0.0656. The number of hydrogen-bond acceptors (Lipinski definition) is 6. The van der Waals surface area contributed by atoms with Gasteiger partial charge in [-0.1, -0.05) is 44.2 Å². The van der Waals surface area contributed by atoms with Crippen LogP contribution in [0.25, 0.3) is 0 Å². The van der Waals surface area contributed by atoms with E-state index in [9.17, 15) is 14.7 Å². The summed E-state index contributed by atoms with van der Waals surface area (Å²) in [6.45, 7) is 10.2. The van der Waals surface area contributed by atoms with Crippen LogP contribution in [0.15, 0.2) is 59.9 Å². The van der Waals surface area contributed by atoms with Crippen molar-refractivity contribution in [3.8, 4) is 5.75 Å². The average molecular weight is 477 g/mol. The van der Waals surface area contributed by atoms with E-state index in [0.29, 0.717) is 34.5 Å². The molecule has 0 bridgehead atoms. The van der Waals surface area contributed by atoms with Crippen LogP contribution in [0.2, 0.25) is 0 Å². The predicted octanol–water partition coefficient (Wildman–Crippen LogP) is 6.06. The summed E-state index contributed by atoms with van der Waals surface area (Å²) in [4.78, 5) is 33.3. The summed E-state index contributed by atoms with van der Waals surface area (Å²) in [6, 6.07) is 14.2. The van der Waals surface area contributed by atoms with Crippen LogP contribution in [0.5, 0.6) is 5.75 Å². The number of hydrogen-bond donors (Lipinski definition) is 1. The first-order chi connectivity index (χ1) is 16.2. The summed E-state index contributed by atoms with van der Waals surface area (Å²) in [6.07, 6.45) is 0. The number of ketones is 1. The monoisotopic (exact) mass is 476 g/mol. The number of rotatable bonds is 7. The van der Waals surface area contributed by atoms with Crippen molar-refractivity contribution in [1.82, 2.24) is 4.98 Å². The van der Waals surface area contributed by atoms with E-state index in [0.717, 1.165) is 16.1 Å². The molecule has 2 heterocycles. The summed E-state index contributed by atoms with van der Waals surface area (Å²) in [5.41, 5.74) is 3.08. The van der Waals surface area contributed by atoms with Crippen molar-refractivity contribution < 1.29 is 19.4 Å². The van der Waals surface area contributed by atoms with Crippen LogP contribution in [0.1, 0.15) is 64.2 Å². The SMILES string of the molecule is CCOc1cccc(N2C(=O)C(O)=C(C(=O)c3sc(C)nc3C)C2c2ccc(C(C)C)cc2)c1. The molecule has 3 aromatic rings. The molecule has 6 nitrogen and oxygen atoms in total. The highest BCUT2D eigenvalue weighted by Crippen LogP contribution is 2.43. The minimum Gasteiger partial charge on any atom is -0.503 e. The van der Waals surface area contributed by atoms with Gasteiger partial charge >= 0.3 is 0 Å². The third-order valence-corrected chi connectivity index (χ3v) is 6.96. The van der Waals surface area contributed by atoms with Gasteiger partial charge in [-0.3, -0.25) is 14.5 Å². The second kappa shape index (κ2) is 9.43. The Labute approximate surface area is 203 Å². The molecule has 1 aliphatic rings. The lowest BCUT2D eigenvalue weighted by Crippen LogP contribution is -2.31. The Kier molecular flexibility index (Phi) is 6.57. The molecule has 0 aliphatic carbocycles. The number of aromatic nitrogens is 1. The zero-order valence-electron chi connectivity index (χ0n) is 20.0. The number of aliphatic hydroxyl groups excluding tert-OH is 1. The van der Waals surface area contributed by atoms with Gasteiger partial charge in [-0.05, 0) is 49.9 Å². The molecule has 4 rings (SSSR count). The van der Waals surface area contributed by atoms with Crippen LogP contribution in [0.4, 0.5) is 5.69 Å². The van der Waals surface area contributed by atoms with Gasteiger partial charge in [0.05, 0.1) is 33.8 Å². The fraction of sp³-hybridized carbons (Fsp3) is 0.296. The molecule has 34 heavy (non-hydrogen) atoms. The van der Waals surface area contributed by atoms with Gasteiger partial charge in [-0.2, -0.15) is 0 Å². The average Bonchev–Trinajstić information content (AvgIpc) is 3.29. The number of amides is 1. The predicted molar refractivity (Wildman–Crippen MR) is 134 cm³/mol. The fourth-order valence-corrected chi connectivity index (χ4v) is 5.11. The minimum atomic E-state index is -0.778.